The molecule has 0 fully saturated rings. The van der Waals surface area contributed by atoms with Crippen molar-refractivity contribution in [2.75, 3.05) is 0 Å². The maximum absolute atomic E-state index is 2.40. The molecule has 2 aromatic carbocycles. The molecule has 86 valence electrons. The Morgan fingerprint density at radius 2 is 1.65 bits per heavy atom. The van der Waals surface area contributed by atoms with Gasteiger partial charge in [0.1, 0.15) is 0 Å². The van der Waals surface area contributed by atoms with Crippen LogP contribution in [0.5, 0.6) is 0 Å². The first-order valence-electron chi connectivity index (χ1n) is 5.92. The van der Waals surface area contributed by atoms with E-state index in [-0.39, 0.29) is 5.41 Å². The summed E-state index contributed by atoms with van der Waals surface area (Å²) in [5.41, 5.74) is 7.23. The highest BCUT2D eigenvalue weighted by molar-refractivity contribution is 14.1. The van der Waals surface area contributed by atoms with E-state index in [4.69, 9.17) is 0 Å². The van der Waals surface area contributed by atoms with E-state index < -0.39 is 0 Å². The molecular weight excluding hydrogens is 319 g/mol. The van der Waals surface area contributed by atoms with Crippen LogP contribution in [0.4, 0.5) is 0 Å². The Labute approximate surface area is 116 Å². The van der Waals surface area contributed by atoms with Crippen molar-refractivity contribution in [1.82, 2.24) is 0 Å². The fraction of sp³-hybridized carbons (Fsp3) is 0.250. The fourth-order valence-corrected chi connectivity index (χ4v) is 3.33. The Bertz CT molecular complexity index is 609. The minimum atomic E-state index is 0.138. The molecule has 0 heterocycles. The monoisotopic (exact) mass is 334 g/mol. The van der Waals surface area contributed by atoms with Crippen LogP contribution in [0.25, 0.3) is 11.1 Å². The molecule has 1 aliphatic rings. The average molecular weight is 334 g/mol. The van der Waals surface area contributed by atoms with Crippen molar-refractivity contribution in [1.29, 1.82) is 0 Å². The van der Waals surface area contributed by atoms with Gasteiger partial charge in [-0.25, -0.2) is 0 Å². The van der Waals surface area contributed by atoms with Crippen molar-refractivity contribution in [3.05, 3.63) is 56.7 Å². The lowest BCUT2D eigenvalue weighted by molar-refractivity contribution is 0.660. The van der Waals surface area contributed by atoms with Gasteiger partial charge in [0.2, 0.25) is 0 Å². The number of halogens is 1. The Morgan fingerprint density at radius 3 is 2.41 bits per heavy atom. The molecule has 17 heavy (non-hydrogen) atoms. The third-order valence-corrected chi connectivity index (χ3v) is 4.46. The summed E-state index contributed by atoms with van der Waals surface area (Å²) in [6.45, 7) is 6.81. The van der Waals surface area contributed by atoms with E-state index in [1.165, 1.54) is 31.4 Å². The summed E-state index contributed by atoms with van der Waals surface area (Å²) in [5, 5.41) is 0. The summed E-state index contributed by atoms with van der Waals surface area (Å²) in [6.07, 6.45) is 0. The molecule has 0 nitrogen and oxygen atoms in total. The lowest BCUT2D eigenvalue weighted by atomic mass is 9.82. The Balaban J connectivity index is 2.38. The van der Waals surface area contributed by atoms with E-state index in [0.717, 1.165) is 0 Å². The molecule has 2 aromatic rings. The molecule has 0 spiro atoms. The minimum Gasteiger partial charge on any atom is -0.0590 e. The van der Waals surface area contributed by atoms with E-state index in [1.807, 2.05) is 0 Å². The van der Waals surface area contributed by atoms with E-state index in [9.17, 15) is 0 Å². The number of rotatable bonds is 0. The molecule has 0 amide bonds. The first kappa shape index (κ1) is 11.3. The number of benzene rings is 2. The lowest BCUT2D eigenvalue weighted by Crippen LogP contribution is -2.15. The zero-order valence-corrected chi connectivity index (χ0v) is 12.5. The van der Waals surface area contributed by atoms with Crippen LogP contribution in [0, 0.1) is 10.5 Å². The van der Waals surface area contributed by atoms with Crippen LogP contribution in [0.1, 0.15) is 30.5 Å². The van der Waals surface area contributed by atoms with Gasteiger partial charge in [-0.2, -0.15) is 0 Å². The second-order valence-electron chi connectivity index (χ2n) is 5.36. The highest BCUT2D eigenvalue weighted by Crippen LogP contribution is 2.48. The van der Waals surface area contributed by atoms with E-state index in [0.29, 0.717) is 0 Å². The fourth-order valence-electron chi connectivity index (χ4n) is 2.84. The summed E-state index contributed by atoms with van der Waals surface area (Å²) in [6, 6.07) is 13.6. The second-order valence-corrected chi connectivity index (χ2v) is 6.61. The van der Waals surface area contributed by atoms with Gasteiger partial charge in [0.05, 0.1) is 0 Å². The summed E-state index contributed by atoms with van der Waals surface area (Å²) in [5.74, 6) is 0. The van der Waals surface area contributed by atoms with Crippen molar-refractivity contribution >= 4 is 22.6 Å². The standard InChI is InChI=1S/C16H15I/c1-10-4-7-14-13(8-10)12-6-5-11(17)9-15(12)16(14,2)3/h4-9H,1-3H3. The highest BCUT2D eigenvalue weighted by atomic mass is 127. The maximum atomic E-state index is 2.40. The van der Waals surface area contributed by atoms with E-state index in [1.54, 1.807) is 0 Å². The topological polar surface area (TPSA) is 0 Å². The van der Waals surface area contributed by atoms with Gasteiger partial charge < -0.3 is 0 Å². The second kappa shape index (κ2) is 3.58. The van der Waals surface area contributed by atoms with E-state index >= 15 is 0 Å². The third-order valence-electron chi connectivity index (χ3n) is 3.79. The molecule has 0 bridgehead atoms. The lowest BCUT2D eigenvalue weighted by Gasteiger charge is -2.21. The molecule has 0 aliphatic heterocycles. The first-order valence-corrected chi connectivity index (χ1v) is 6.99. The van der Waals surface area contributed by atoms with Crippen LogP contribution >= 0.6 is 22.6 Å². The SMILES string of the molecule is Cc1ccc2c(c1)-c1ccc(I)cc1C2(C)C. The number of aryl methyl sites for hydroxylation is 1. The normalized spacial score (nSPS) is 15.5. The van der Waals surface area contributed by atoms with Crippen LogP contribution in [0.15, 0.2) is 36.4 Å². The molecule has 0 N–H and O–H groups in total. The quantitative estimate of drug-likeness (QED) is 0.601. The van der Waals surface area contributed by atoms with Gasteiger partial charge in [0.15, 0.2) is 0 Å². The van der Waals surface area contributed by atoms with E-state index in [2.05, 4.69) is 79.8 Å². The van der Waals surface area contributed by atoms with Gasteiger partial charge in [-0.1, -0.05) is 43.7 Å². The molecule has 1 aliphatic carbocycles. The van der Waals surface area contributed by atoms with Gasteiger partial charge in [0, 0.05) is 8.99 Å². The van der Waals surface area contributed by atoms with Crippen molar-refractivity contribution in [3.63, 3.8) is 0 Å². The maximum Gasteiger partial charge on any atom is 0.0159 e. The number of hydrogen-bond donors (Lipinski definition) is 0. The Kier molecular flexibility index (Phi) is 2.37. The van der Waals surface area contributed by atoms with Crippen molar-refractivity contribution < 1.29 is 0 Å². The number of hydrogen-bond acceptors (Lipinski definition) is 0. The smallest absolute Gasteiger partial charge is 0.0159 e. The predicted molar refractivity (Wildman–Crippen MR) is 81.5 cm³/mol. The summed E-state index contributed by atoms with van der Waals surface area (Å²) < 4.78 is 1.32. The Morgan fingerprint density at radius 1 is 0.882 bits per heavy atom. The summed E-state index contributed by atoms with van der Waals surface area (Å²) >= 11 is 2.40. The van der Waals surface area contributed by atoms with Gasteiger partial charge in [-0.05, 0) is 63.9 Å². The van der Waals surface area contributed by atoms with Crippen molar-refractivity contribution in [2.45, 2.75) is 26.2 Å². The van der Waals surface area contributed by atoms with Gasteiger partial charge in [-0.3, -0.25) is 0 Å². The molecule has 0 saturated heterocycles. The Hall–Kier alpha value is -0.830. The molecule has 0 saturated carbocycles. The van der Waals surface area contributed by atoms with Crippen LogP contribution in [-0.2, 0) is 5.41 Å². The van der Waals surface area contributed by atoms with Crippen molar-refractivity contribution in [3.8, 4) is 11.1 Å². The van der Waals surface area contributed by atoms with Crippen LogP contribution in [-0.4, -0.2) is 0 Å². The zero-order chi connectivity index (χ0) is 12.2. The van der Waals surface area contributed by atoms with Gasteiger partial charge >= 0.3 is 0 Å². The van der Waals surface area contributed by atoms with Crippen LogP contribution < -0.4 is 0 Å². The zero-order valence-electron chi connectivity index (χ0n) is 10.3. The average Bonchev–Trinajstić information content (AvgIpc) is 2.48. The predicted octanol–water partition coefficient (Wildman–Crippen LogP) is 4.91. The van der Waals surface area contributed by atoms with Crippen molar-refractivity contribution in [2.24, 2.45) is 0 Å². The molecule has 0 aromatic heterocycles. The van der Waals surface area contributed by atoms with Gasteiger partial charge in [0.25, 0.3) is 0 Å². The molecule has 0 atom stereocenters. The summed E-state index contributed by atoms with van der Waals surface area (Å²) in [7, 11) is 0. The highest BCUT2D eigenvalue weighted by Gasteiger charge is 2.35. The third kappa shape index (κ3) is 1.55. The minimum absolute atomic E-state index is 0.138. The summed E-state index contributed by atoms with van der Waals surface area (Å²) in [4.78, 5) is 0. The largest absolute Gasteiger partial charge is 0.0590 e. The molecule has 0 unspecified atom stereocenters. The number of fused-ring (bicyclic) bond motifs is 3. The first-order chi connectivity index (χ1) is 8.00. The molecule has 0 radical (unpaired) electrons. The molecule has 1 heteroatoms. The van der Waals surface area contributed by atoms with Crippen LogP contribution in [0.3, 0.4) is 0 Å². The molecule has 3 rings (SSSR count). The van der Waals surface area contributed by atoms with Gasteiger partial charge in [-0.15, -0.1) is 0 Å². The molecular formula is C16H15I. The van der Waals surface area contributed by atoms with Crippen LogP contribution in [0.2, 0.25) is 0 Å².